The molecular weight excluding hydrogens is 729 g/mol. The zero-order valence-corrected chi connectivity index (χ0v) is 35.1. The molecule has 0 bridgehead atoms. The number of aryl methyl sites for hydroxylation is 4. The SMILES string of the molecule is CCc1cc(OCc2cc(COc3cc(C)c(C(=O)N(CC)c4ccccc4CC)cc3C)cc(OC(C)(C)CO)c2)c(OC)cc1C(=O)N1CCc2ccccc21. The van der Waals surface area contributed by atoms with Gasteiger partial charge >= 0.3 is 0 Å². The highest BCUT2D eigenvalue weighted by Crippen LogP contribution is 2.36. The fourth-order valence-electron chi connectivity index (χ4n) is 7.51. The highest BCUT2D eigenvalue weighted by Gasteiger charge is 2.28. The van der Waals surface area contributed by atoms with E-state index in [1.165, 1.54) is 5.56 Å². The first-order valence-electron chi connectivity index (χ1n) is 20.2. The molecule has 5 aromatic carbocycles. The van der Waals surface area contributed by atoms with E-state index >= 15 is 0 Å². The molecule has 0 spiro atoms. The molecule has 0 aromatic heterocycles. The summed E-state index contributed by atoms with van der Waals surface area (Å²) < 4.78 is 24.8. The fraction of sp³-hybridized carbons (Fsp3) is 0.347. The predicted molar refractivity (Wildman–Crippen MR) is 230 cm³/mol. The van der Waals surface area contributed by atoms with Gasteiger partial charge in [0.25, 0.3) is 11.8 Å². The van der Waals surface area contributed by atoms with Crippen molar-refractivity contribution in [2.45, 2.75) is 86.5 Å². The summed E-state index contributed by atoms with van der Waals surface area (Å²) in [6, 6.07) is 29.4. The number of fused-ring (bicyclic) bond motifs is 1. The Kier molecular flexibility index (Phi) is 13.1. The third kappa shape index (κ3) is 9.16. The smallest absolute Gasteiger partial charge is 0.258 e. The lowest BCUT2D eigenvalue weighted by atomic mass is 10.0. The lowest BCUT2D eigenvalue weighted by Crippen LogP contribution is -2.32. The van der Waals surface area contributed by atoms with Crippen LogP contribution in [0, 0.1) is 13.8 Å². The minimum atomic E-state index is -0.824. The number of para-hydroxylation sites is 2. The van der Waals surface area contributed by atoms with Gasteiger partial charge in [-0.1, -0.05) is 50.2 Å². The molecule has 9 heteroatoms. The normalized spacial score (nSPS) is 12.3. The van der Waals surface area contributed by atoms with Crippen LogP contribution in [0.3, 0.4) is 0 Å². The Bertz CT molecular complexity index is 2280. The van der Waals surface area contributed by atoms with Crippen LogP contribution in [0.25, 0.3) is 0 Å². The third-order valence-corrected chi connectivity index (χ3v) is 10.7. The Morgan fingerprint density at radius 1 is 0.759 bits per heavy atom. The number of amides is 2. The second kappa shape index (κ2) is 18.2. The molecule has 0 atom stereocenters. The number of carbonyl (C=O) groups excluding carboxylic acids is 2. The average Bonchev–Trinajstić information content (AvgIpc) is 3.67. The summed E-state index contributed by atoms with van der Waals surface area (Å²) in [6.07, 6.45) is 2.29. The average molecular weight is 785 g/mol. The number of anilines is 2. The van der Waals surface area contributed by atoms with Gasteiger partial charge in [0.05, 0.1) is 13.7 Å². The minimum absolute atomic E-state index is 0.0437. The van der Waals surface area contributed by atoms with Crippen molar-refractivity contribution in [3.05, 3.63) is 141 Å². The summed E-state index contributed by atoms with van der Waals surface area (Å²) in [6.45, 7) is 15.1. The molecule has 0 fully saturated rings. The van der Waals surface area contributed by atoms with Crippen molar-refractivity contribution >= 4 is 23.2 Å². The Balaban J connectivity index is 1.22. The Morgan fingerprint density at radius 3 is 2.10 bits per heavy atom. The third-order valence-electron chi connectivity index (χ3n) is 10.7. The maximum Gasteiger partial charge on any atom is 0.258 e. The summed E-state index contributed by atoms with van der Waals surface area (Å²) in [4.78, 5) is 31.5. The molecule has 6 rings (SSSR count). The molecule has 9 nitrogen and oxygen atoms in total. The van der Waals surface area contributed by atoms with Gasteiger partial charge in [-0.15, -0.1) is 0 Å². The van der Waals surface area contributed by atoms with E-state index in [1.807, 2.05) is 124 Å². The Hall–Kier alpha value is -5.80. The van der Waals surface area contributed by atoms with E-state index in [1.54, 1.807) is 13.2 Å². The Labute approximate surface area is 343 Å². The number of aliphatic hydroxyl groups is 1. The van der Waals surface area contributed by atoms with Crippen molar-refractivity contribution < 1.29 is 33.6 Å². The summed E-state index contributed by atoms with van der Waals surface area (Å²) in [7, 11) is 1.57. The highest BCUT2D eigenvalue weighted by molar-refractivity contribution is 6.09. The van der Waals surface area contributed by atoms with Crippen LogP contribution >= 0.6 is 0 Å². The van der Waals surface area contributed by atoms with Gasteiger partial charge in [-0.25, -0.2) is 0 Å². The number of methoxy groups -OCH3 is 1. The van der Waals surface area contributed by atoms with Crippen LogP contribution in [0.4, 0.5) is 11.4 Å². The standard InChI is InChI=1S/C49H56N2O7/c1-9-36-16-12-14-18-42(36)50(11-3)47(53)40-22-33(5)44(23-32(40)4)56-29-34-24-35(26-39(25-34)58-49(6,7)31-52)30-57-46-27-37(10-2)41(28-45(46)55-8)48(54)51-21-20-38-17-13-15-19-43(38)51/h12-19,22-28,52H,9-11,20-21,29-31H2,1-8H3. The molecular formula is C49H56N2O7. The molecule has 58 heavy (non-hydrogen) atoms. The minimum Gasteiger partial charge on any atom is -0.493 e. The number of aliphatic hydroxyl groups excluding tert-OH is 1. The number of hydrogen-bond donors (Lipinski definition) is 1. The second-order valence-electron chi connectivity index (χ2n) is 15.4. The van der Waals surface area contributed by atoms with Crippen LogP contribution < -0.4 is 28.7 Å². The molecule has 5 aromatic rings. The van der Waals surface area contributed by atoms with Crippen molar-refractivity contribution in [1.82, 2.24) is 0 Å². The van der Waals surface area contributed by atoms with Crippen LogP contribution in [0.5, 0.6) is 23.0 Å². The van der Waals surface area contributed by atoms with E-state index in [2.05, 4.69) is 19.1 Å². The van der Waals surface area contributed by atoms with Crippen LogP contribution in [0.15, 0.2) is 91.0 Å². The predicted octanol–water partition coefficient (Wildman–Crippen LogP) is 9.61. The van der Waals surface area contributed by atoms with Gasteiger partial charge in [-0.3, -0.25) is 9.59 Å². The Morgan fingerprint density at radius 2 is 1.43 bits per heavy atom. The fourth-order valence-corrected chi connectivity index (χ4v) is 7.51. The zero-order valence-electron chi connectivity index (χ0n) is 35.1. The molecule has 2 amide bonds. The topological polar surface area (TPSA) is 97.8 Å². The first-order chi connectivity index (χ1) is 27.9. The lowest BCUT2D eigenvalue weighted by Gasteiger charge is -2.25. The molecule has 0 radical (unpaired) electrons. The molecule has 0 aliphatic carbocycles. The highest BCUT2D eigenvalue weighted by atomic mass is 16.5. The van der Waals surface area contributed by atoms with Crippen molar-refractivity contribution in [1.29, 1.82) is 0 Å². The van der Waals surface area contributed by atoms with Gasteiger partial charge in [-0.05, 0) is 147 Å². The van der Waals surface area contributed by atoms with E-state index < -0.39 is 5.60 Å². The molecule has 304 valence electrons. The van der Waals surface area contributed by atoms with Crippen molar-refractivity contribution in [2.75, 3.05) is 36.6 Å². The maximum absolute atomic E-state index is 13.9. The summed E-state index contributed by atoms with van der Waals surface area (Å²) in [5.41, 5.74) is 8.79. The van der Waals surface area contributed by atoms with Crippen LogP contribution in [0.1, 0.15) is 94.3 Å². The molecule has 1 N–H and O–H groups in total. The first kappa shape index (κ1) is 41.8. The summed E-state index contributed by atoms with van der Waals surface area (Å²) in [5, 5.41) is 10.0. The molecule has 0 unspecified atom stereocenters. The first-order valence-corrected chi connectivity index (χ1v) is 20.2. The van der Waals surface area contributed by atoms with Crippen molar-refractivity contribution in [3.63, 3.8) is 0 Å². The molecule has 1 heterocycles. The number of rotatable bonds is 16. The largest absolute Gasteiger partial charge is 0.493 e. The lowest BCUT2D eigenvalue weighted by molar-refractivity contribution is 0.0410. The number of ether oxygens (including phenoxy) is 4. The number of nitrogens with zero attached hydrogens (tertiary/aromatic N) is 2. The quantitative estimate of drug-likeness (QED) is 0.106. The van der Waals surface area contributed by atoms with E-state index in [0.29, 0.717) is 53.6 Å². The summed E-state index contributed by atoms with van der Waals surface area (Å²) in [5.74, 6) is 2.13. The monoisotopic (exact) mass is 784 g/mol. The second-order valence-corrected chi connectivity index (χ2v) is 15.4. The van der Waals surface area contributed by atoms with Crippen molar-refractivity contribution in [2.24, 2.45) is 0 Å². The van der Waals surface area contributed by atoms with Crippen molar-refractivity contribution in [3.8, 4) is 23.0 Å². The van der Waals surface area contributed by atoms with Crippen LogP contribution in [-0.2, 0) is 32.5 Å². The molecule has 0 saturated carbocycles. The number of hydrogen-bond acceptors (Lipinski definition) is 7. The van der Waals surface area contributed by atoms with E-state index in [0.717, 1.165) is 57.6 Å². The van der Waals surface area contributed by atoms with E-state index in [4.69, 9.17) is 18.9 Å². The van der Waals surface area contributed by atoms with Gasteiger partial charge in [0.15, 0.2) is 11.5 Å². The molecule has 1 aliphatic rings. The molecule has 1 aliphatic heterocycles. The zero-order chi connectivity index (χ0) is 41.6. The summed E-state index contributed by atoms with van der Waals surface area (Å²) >= 11 is 0. The van der Waals surface area contributed by atoms with Crippen LogP contribution in [-0.4, -0.2) is 49.3 Å². The molecule has 0 saturated heterocycles. The van der Waals surface area contributed by atoms with E-state index in [9.17, 15) is 14.7 Å². The van der Waals surface area contributed by atoms with Gasteiger partial charge in [0.1, 0.15) is 30.3 Å². The van der Waals surface area contributed by atoms with Gasteiger partial charge in [0.2, 0.25) is 0 Å². The maximum atomic E-state index is 13.9. The number of carbonyl (C=O) groups is 2. The number of benzene rings is 5. The van der Waals surface area contributed by atoms with Gasteiger partial charge in [-0.2, -0.15) is 0 Å². The van der Waals surface area contributed by atoms with Crippen LogP contribution in [0.2, 0.25) is 0 Å². The van der Waals surface area contributed by atoms with Gasteiger partial charge in [0, 0.05) is 35.6 Å². The van der Waals surface area contributed by atoms with E-state index in [-0.39, 0.29) is 31.6 Å². The van der Waals surface area contributed by atoms with Gasteiger partial charge < -0.3 is 33.9 Å².